The summed E-state index contributed by atoms with van der Waals surface area (Å²) in [7, 11) is 6.05. The van der Waals surface area contributed by atoms with E-state index >= 15 is 0 Å². The van der Waals surface area contributed by atoms with Crippen LogP contribution in [0.2, 0.25) is 0 Å². The quantitative estimate of drug-likeness (QED) is 0.363. The van der Waals surface area contributed by atoms with E-state index in [1.165, 1.54) is 50.0 Å². The lowest BCUT2D eigenvalue weighted by atomic mass is 10.1. The number of likely N-dealkylation sites (tertiary alicyclic amines) is 1. The molecule has 148 valence electrons. The van der Waals surface area contributed by atoms with Crippen molar-refractivity contribution in [3.05, 3.63) is 35.4 Å². The van der Waals surface area contributed by atoms with Crippen LogP contribution in [0.4, 0.5) is 0 Å². The van der Waals surface area contributed by atoms with E-state index in [1.54, 1.807) is 0 Å². The minimum Gasteiger partial charge on any atom is -0.354 e. The average Bonchev–Trinajstić information content (AvgIpc) is 2.60. The van der Waals surface area contributed by atoms with Crippen molar-refractivity contribution < 1.29 is 0 Å². The highest BCUT2D eigenvalue weighted by Crippen LogP contribution is 2.11. The average molecular weight is 473 g/mol. The van der Waals surface area contributed by atoms with Gasteiger partial charge < -0.3 is 20.4 Å². The van der Waals surface area contributed by atoms with Crippen molar-refractivity contribution in [2.24, 2.45) is 4.99 Å². The molecule has 0 amide bonds. The number of hydrogen-bond acceptors (Lipinski definition) is 3. The van der Waals surface area contributed by atoms with E-state index in [2.05, 4.69) is 70.7 Å². The Morgan fingerprint density at radius 1 is 1.23 bits per heavy atom. The second-order valence-corrected chi connectivity index (χ2v) is 7.24. The van der Waals surface area contributed by atoms with E-state index in [-0.39, 0.29) is 24.0 Å². The van der Waals surface area contributed by atoms with Crippen LogP contribution in [0.3, 0.4) is 0 Å². The molecule has 6 heteroatoms. The molecule has 0 atom stereocenters. The third-order valence-corrected chi connectivity index (χ3v) is 4.64. The van der Waals surface area contributed by atoms with Gasteiger partial charge in [0.05, 0.1) is 0 Å². The van der Waals surface area contributed by atoms with Gasteiger partial charge in [-0.05, 0) is 51.0 Å². The SMILES string of the molecule is CCCN1CCC(NC(=NC)NCc2cccc(CN(C)C)c2)CC1.I. The molecule has 0 radical (unpaired) electrons. The van der Waals surface area contributed by atoms with Gasteiger partial charge in [0.15, 0.2) is 5.96 Å². The highest BCUT2D eigenvalue weighted by Gasteiger charge is 2.19. The molecular formula is C20H36IN5. The molecule has 1 aromatic rings. The van der Waals surface area contributed by atoms with E-state index in [4.69, 9.17) is 0 Å². The third kappa shape index (κ3) is 8.22. The lowest BCUT2D eigenvalue weighted by molar-refractivity contribution is 0.206. The fraction of sp³-hybridized carbons (Fsp3) is 0.650. The predicted octanol–water partition coefficient (Wildman–Crippen LogP) is 2.91. The number of nitrogens with zero attached hydrogens (tertiary/aromatic N) is 3. The maximum Gasteiger partial charge on any atom is 0.191 e. The lowest BCUT2D eigenvalue weighted by Crippen LogP contribution is -2.48. The molecule has 0 spiro atoms. The summed E-state index contributed by atoms with van der Waals surface area (Å²) in [6, 6.07) is 9.28. The highest BCUT2D eigenvalue weighted by molar-refractivity contribution is 14.0. The molecule has 0 bridgehead atoms. The summed E-state index contributed by atoms with van der Waals surface area (Å²) in [5, 5.41) is 7.05. The molecule has 5 nitrogen and oxygen atoms in total. The number of benzene rings is 1. The van der Waals surface area contributed by atoms with Gasteiger partial charge in [0.2, 0.25) is 0 Å². The van der Waals surface area contributed by atoms with E-state index in [0.29, 0.717) is 6.04 Å². The van der Waals surface area contributed by atoms with Crippen LogP contribution in [0.5, 0.6) is 0 Å². The smallest absolute Gasteiger partial charge is 0.191 e. The molecule has 1 aliphatic rings. The molecule has 0 aromatic heterocycles. The van der Waals surface area contributed by atoms with Gasteiger partial charge in [-0.1, -0.05) is 31.2 Å². The second-order valence-electron chi connectivity index (χ2n) is 7.24. The van der Waals surface area contributed by atoms with Gasteiger partial charge in [0, 0.05) is 39.3 Å². The van der Waals surface area contributed by atoms with E-state index in [1.807, 2.05) is 7.05 Å². The molecule has 1 aromatic carbocycles. The zero-order chi connectivity index (χ0) is 18.1. The minimum atomic E-state index is 0. The highest BCUT2D eigenvalue weighted by atomic mass is 127. The Balaban J connectivity index is 0.00000338. The molecule has 2 rings (SSSR count). The topological polar surface area (TPSA) is 42.9 Å². The van der Waals surface area contributed by atoms with Crippen LogP contribution in [0.15, 0.2) is 29.3 Å². The zero-order valence-electron chi connectivity index (χ0n) is 16.8. The number of hydrogen-bond donors (Lipinski definition) is 2. The fourth-order valence-electron chi connectivity index (χ4n) is 3.39. The summed E-state index contributed by atoms with van der Waals surface area (Å²) in [4.78, 5) is 9.15. The maximum atomic E-state index is 4.40. The number of aliphatic imine (C=N–C) groups is 1. The van der Waals surface area contributed by atoms with Gasteiger partial charge >= 0.3 is 0 Å². The summed E-state index contributed by atoms with van der Waals surface area (Å²) in [6.45, 7) is 7.63. The number of guanidine groups is 1. The Morgan fingerprint density at radius 2 is 1.92 bits per heavy atom. The Kier molecular flexibility index (Phi) is 11.2. The molecular weight excluding hydrogens is 437 g/mol. The molecule has 2 N–H and O–H groups in total. The molecule has 0 aliphatic carbocycles. The lowest BCUT2D eigenvalue weighted by Gasteiger charge is -2.32. The number of piperidine rings is 1. The van der Waals surface area contributed by atoms with Gasteiger partial charge in [-0.2, -0.15) is 0 Å². The predicted molar refractivity (Wildman–Crippen MR) is 122 cm³/mol. The number of rotatable bonds is 7. The molecule has 0 unspecified atom stereocenters. The normalized spacial score (nSPS) is 16.4. The van der Waals surface area contributed by atoms with Crippen molar-refractivity contribution in [3.63, 3.8) is 0 Å². The van der Waals surface area contributed by atoms with Crippen molar-refractivity contribution in [1.82, 2.24) is 20.4 Å². The molecule has 0 saturated carbocycles. The first kappa shape index (κ1) is 23.2. The van der Waals surface area contributed by atoms with Crippen molar-refractivity contribution in [1.29, 1.82) is 0 Å². The van der Waals surface area contributed by atoms with Crippen LogP contribution in [0.25, 0.3) is 0 Å². The fourth-order valence-corrected chi connectivity index (χ4v) is 3.39. The molecule has 1 saturated heterocycles. The number of halogens is 1. The van der Waals surface area contributed by atoms with Gasteiger partial charge in [0.1, 0.15) is 0 Å². The van der Waals surface area contributed by atoms with E-state index in [9.17, 15) is 0 Å². The molecule has 1 heterocycles. The summed E-state index contributed by atoms with van der Waals surface area (Å²) in [6.07, 6.45) is 3.63. The van der Waals surface area contributed by atoms with Gasteiger partial charge in [-0.25, -0.2) is 0 Å². The first-order valence-corrected chi connectivity index (χ1v) is 9.52. The van der Waals surface area contributed by atoms with Gasteiger partial charge in [-0.3, -0.25) is 4.99 Å². The van der Waals surface area contributed by atoms with Crippen molar-refractivity contribution in [2.75, 3.05) is 40.8 Å². The molecule has 1 aliphatic heterocycles. The Morgan fingerprint density at radius 3 is 2.54 bits per heavy atom. The van der Waals surface area contributed by atoms with Crippen LogP contribution >= 0.6 is 24.0 Å². The van der Waals surface area contributed by atoms with E-state index in [0.717, 1.165) is 19.0 Å². The van der Waals surface area contributed by atoms with E-state index < -0.39 is 0 Å². The van der Waals surface area contributed by atoms with Gasteiger partial charge in [0.25, 0.3) is 0 Å². The van der Waals surface area contributed by atoms with Crippen LogP contribution in [0.1, 0.15) is 37.3 Å². The van der Waals surface area contributed by atoms with Crippen molar-refractivity contribution in [2.45, 2.75) is 45.3 Å². The molecule has 1 fully saturated rings. The summed E-state index contributed by atoms with van der Waals surface area (Å²) in [5.74, 6) is 0.909. The summed E-state index contributed by atoms with van der Waals surface area (Å²) >= 11 is 0. The molecule has 26 heavy (non-hydrogen) atoms. The Bertz CT molecular complexity index is 539. The number of nitrogens with one attached hydrogen (secondary N) is 2. The van der Waals surface area contributed by atoms with Crippen LogP contribution in [0, 0.1) is 0 Å². The standard InChI is InChI=1S/C20H35N5.HI/c1-5-11-25-12-9-19(10-13-25)23-20(21-2)22-15-17-7-6-8-18(14-17)16-24(3)4;/h6-8,14,19H,5,9-13,15-16H2,1-4H3,(H2,21,22,23);1H. The van der Waals surface area contributed by atoms with Crippen LogP contribution in [-0.2, 0) is 13.1 Å². The van der Waals surface area contributed by atoms with Crippen molar-refractivity contribution in [3.8, 4) is 0 Å². The van der Waals surface area contributed by atoms with Crippen molar-refractivity contribution >= 4 is 29.9 Å². The summed E-state index contributed by atoms with van der Waals surface area (Å²) in [5.41, 5.74) is 2.63. The van der Waals surface area contributed by atoms with Gasteiger partial charge in [-0.15, -0.1) is 24.0 Å². The second kappa shape index (κ2) is 12.5. The minimum absolute atomic E-state index is 0. The Labute approximate surface area is 176 Å². The summed E-state index contributed by atoms with van der Waals surface area (Å²) < 4.78 is 0. The Hall–Kier alpha value is -0.860. The first-order chi connectivity index (χ1) is 12.1. The monoisotopic (exact) mass is 473 g/mol. The van der Waals surface area contributed by atoms with Crippen LogP contribution in [-0.4, -0.2) is 62.6 Å². The first-order valence-electron chi connectivity index (χ1n) is 9.52. The largest absolute Gasteiger partial charge is 0.354 e. The van der Waals surface area contributed by atoms with Crippen LogP contribution < -0.4 is 10.6 Å². The zero-order valence-corrected chi connectivity index (χ0v) is 19.1. The maximum absolute atomic E-state index is 4.40. The third-order valence-electron chi connectivity index (χ3n) is 4.64.